The lowest BCUT2D eigenvalue weighted by Gasteiger charge is -2.28. The number of likely N-dealkylation sites (tertiary alicyclic amines) is 2. The first kappa shape index (κ1) is 19.0. The fraction of sp³-hybridized carbons (Fsp3) is 0.500. The SMILES string of the molecule is O=C(/C=C/c1ccc[nH]1)N1C[C@@H]2OC(=O)N(C3CCN(C(=O)C4=CCCC4)C3)[C@@H]2C1. The van der Waals surface area contributed by atoms with Crippen molar-refractivity contribution in [1.29, 1.82) is 0 Å². The predicted octanol–water partition coefficient (Wildman–Crippen LogP) is 1.77. The van der Waals surface area contributed by atoms with Crippen LogP contribution >= 0.6 is 0 Å². The molecule has 1 aliphatic carbocycles. The van der Waals surface area contributed by atoms with E-state index in [1.807, 2.05) is 23.1 Å². The monoisotopic (exact) mass is 410 g/mol. The Hall–Kier alpha value is -3.03. The molecule has 1 aromatic rings. The summed E-state index contributed by atoms with van der Waals surface area (Å²) in [5, 5.41) is 0. The van der Waals surface area contributed by atoms with Crippen LogP contribution in [0.15, 0.2) is 36.1 Å². The molecule has 3 fully saturated rings. The quantitative estimate of drug-likeness (QED) is 0.767. The van der Waals surface area contributed by atoms with Gasteiger partial charge < -0.3 is 19.5 Å². The van der Waals surface area contributed by atoms with Gasteiger partial charge in [0.2, 0.25) is 11.8 Å². The zero-order chi connectivity index (χ0) is 20.7. The van der Waals surface area contributed by atoms with E-state index in [2.05, 4.69) is 4.98 Å². The van der Waals surface area contributed by atoms with Gasteiger partial charge >= 0.3 is 6.09 Å². The van der Waals surface area contributed by atoms with Crippen LogP contribution in [0.3, 0.4) is 0 Å². The van der Waals surface area contributed by atoms with Crippen molar-refractivity contribution in [2.45, 2.75) is 43.9 Å². The fourth-order valence-corrected chi connectivity index (χ4v) is 5.00. The maximum Gasteiger partial charge on any atom is 0.410 e. The summed E-state index contributed by atoms with van der Waals surface area (Å²) in [6, 6.07) is 3.57. The second-order valence-electron chi connectivity index (χ2n) is 8.41. The third-order valence-corrected chi connectivity index (χ3v) is 6.56. The van der Waals surface area contributed by atoms with E-state index in [1.54, 1.807) is 28.1 Å². The zero-order valence-electron chi connectivity index (χ0n) is 16.8. The van der Waals surface area contributed by atoms with Crippen molar-refractivity contribution in [2.24, 2.45) is 0 Å². The van der Waals surface area contributed by atoms with Gasteiger partial charge in [0.1, 0.15) is 6.10 Å². The number of fused-ring (bicyclic) bond motifs is 1. The molecular formula is C22H26N4O4. The molecule has 8 heteroatoms. The number of aromatic nitrogens is 1. The minimum Gasteiger partial charge on any atom is -0.442 e. The number of rotatable bonds is 4. The number of hydrogen-bond acceptors (Lipinski definition) is 4. The highest BCUT2D eigenvalue weighted by molar-refractivity contribution is 5.94. The van der Waals surface area contributed by atoms with Crippen LogP contribution in [0.2, 0.25) is 0 Å². The molecule has 1 unspecified atom stereocenters. The molecule has 8 nitrogen and oxygen atoms in total. The van der Waals surface area contributed by atoms with Gasteiger partial charge in [-0.15, -0.1) is 0 Å². The molecule has 3 amide bonds. The molecular weight excluding hydrogens is 384 g/mol. The molecule has 0 bridgehead atoms. The highest BCUT2D eigenvalue weighted by Gasteiger charge is 2.52. The van der Waals surface area contributed by atoms with Crippen molar-refractivity contribution >= 4 is 24.0 Å². The van der Waals surface area contributed by atoms with Gasteiger partial charge in [-0.25, -0.2) is 4.79 Å². The number of ether oxygens (including phenoxy) is 1. The van der Waals surface area contributed by atoms with Gasteiger partial charge in [0, 0.05) is 43.2 Å². The fourth-order valence-electron chi connectivity index (χ4n) is 5.00. The van der Waals surface area contributed by atoms with E-state index in [1.165, 1.54) is 0 Å². The van der Waals surface area contributed by atoms with Crippen LogP contribution in [-0.2, 0) is 14.3 Å². The number of carbonyl (C=O) groups excluding carboxylic acids is 3. The number of hydrogen-bond donors (Lipinski definition) is 1. The first-order chi connectivity index (χ1) is 14.6. The number of nitrogens with zero attached hydrogens (tertiary/aromatic N) is 3. The molecule has 0 aromatic carbocycles. The second-order valence-corrected chi connectivity index (χ2v) is 8.41. The highest BCUT2D eigenvalue weighted by Crippen LogP contribution is 2.32. The Morgan fingerprint density at radius 2 is 2.10 bits per heavy atom. The van der Waals surface area contributed by atoms with E-state index >= 15 is 0 Å². The lowest BCUT2D eigenvalue weighted by molar-refractivity contribution is -0.126. The molecule has 0 spiro atoms. The summed E-state index contributed by atoms with van der Waals surface area (Å²) < 4.78 is 5.58. The smallest absolute Gasteiger partial charge is 0.410 e. The maximum absolute atomic E-state index is 12.7. The molecule has 158 valence electrons. The van der Waals surface area contributed by atoms with Gasteiger partial charge in [-0.05, 0) is 43.9 Å². The molecule has 3 saturated heterocycles. The van der Waals surface area contributed by atoms with E-state index in [-0.39, 0.29) is 36.1 Å². The topological polar surface area (TPSA) is 85.9 Å². The van der Waals surface area contributed by atoms with E-state index in [0.717, 1.165) is 37.0 Å². The Kier molecular flexibility index (Phi) is 4.84. The zero-order valence-corrected chi connectivity index (χ0v) is 16.8. The molecule has 1 aromatic heterocycles. The molecule has 3 atom stereocenters. The molecule has 3 aliphatic heterocycles. The summed E-state index contributed by atoms with van der Waals surface area (Å²) in [5.74, 6) is 0.0168. The van der Waals surface area contributed by atoms with E-state index in [9.17, 15) is 14.4 Å². The number of carbonyl (C=O) groups is 3. The van der Waals surface area contributed by atoms with Crippen molar-refractivity contribution < 1.29 is 19.1 Å². The Morgan fingerprint density at radius 3 is 2.87 bits per heavy atom. The first-order valence-corrected chi connectivity index (χ1v) is 10.7. The second kappa shape index (κ2) is 7.66. The Balaban J connectivity index is 1.22. The largest absolute Gasteiger partial charge is 0.442 e. The summed E-state index contributed by atoms with van der Waals surface area (Å²) in [6.07, 6.45) is 10.1. The summed E-state index contributed by atoms with van der Waals surface area (Å²) >= 11 is 0. The van der Waals surface area contributed by atoms with Crippen LogP contribution in [0.1, 0.15) is 31.4 Å². The van der Waals surface area contributed by atoms with Gasteiger partial charge in [0.05, 0.1) is 18.6 Å². The summed E-state index contributed by atoms with van der Waals surface area (Å²) in [5.41, 5.74) is 1.77. The Morgan fingerprint density at radius 1 is 1.20 bits per heavy atom. The molecule has 30 heavy (non-hydrogen) atoms. The van der Waals surface area contributed by atoms with Crippen LogP contribution in [-0.4, -0.2) is 82.0 Å². The molecule has 5 rings (SSSR count). The van der Waals surface area contributed by atoms with Crippen molar-refractivity contribution in [1.82, 2.24) is 19.7 Å². The minimum absolute atomic E-state index is 0.0528. The van der Waals surface area contributed by atoms with Crippen molar-refractivity contribution in [2.75, 3.05) is 26.2 Å². The molecule has 4 aliphatic rings. The van der Waals surface area contributed by atoms with Crippen LogP contribution in [0, 0.1) is 0 Å². The number of nitrogens with one attached hydrogen (secondary N) is 1. The predicted molar refractivity (Wildman–Crippen MR) is 109 cm³/mol. The molecule has 0 radical (unpaired) electrons. The van der Waals surface area contributed by atoms with Crippen molar-refractivity contribution in [3.63, 3.8) is 0 Å². The minimum atomic E-state index is -0.321. The van der Waals surface area contributed by atoms with Crippen LogP contribution in [0.5, 0.6) is 0 Å². The van der Waals surface area contributed by atoms with Crippen LogP contribution in [0.4, 0.5) is 4.79 Å². The van der Waals surface area contributed by atoms with Gasteiger partial charge in [-0.2, -0.15) is 0 Å². The van der Waals surface area contributed by atoms with E-state index < -0.39 is 0 Å². The van der Waals surface area contributed by atoms with E-state index in [4.69, 9.17) is 4.74 Å². The lowest BCUT2D eigenvalue weighted by atomic mass is 10.1. The standard InChI is InChI=1S/C22H26N4O4/c27-20(8-7-16-6-3-10-23-16)25-13-18-19(14-25)30-22(29)26(18)17-9-11-24(12-17)21(28)15-4-1-2-5-15/h3-4,6-8,10,17-19,23H,1-2,5,9,11-14H2/b8-7+/t17?,18-,19+/m1/s1. The molecule has 4 heterocycles. The van der Waals surface area contributed by atoms with Gasteiger partial charge in [0.15, 0.2) is 0 Å². The Labute approximate surface area is 175 Å². The summed E-state index contributed by atoms with van der Waals surface area (Å²) in [4.78, 5) is 46.2. The normalized spacial score (nSPS) is 28.4. The van der Waals surface area contributed by atoms with Crippen LogP contribution < -0.4 is 0 Å². The van der Waals surface area contributed by atoms with Crippen LogP contribution in [0.25, 0.3) is 6.08 Å². The molecule has 1 N–H and O–H groups in total. The van der Waals surface area contributed by atoms with Crippen molar-refractivity contribution in [3.05, 3.63) is 41.7 Å². The van der Waals surface area contributed by atoms with Gasteiger partial charge in [-0.1, -0.05) is 6.08 Å². The lowest BCUT2D eigenvalue weighted by Crippen LogP contribution is -2.47. The van der Waals surface area contributed by atoms with Gasteiger partial charge in [0.25, 0.3) is 0 Å². The van der Waals surface area contributed by atoms with Crippen molar-refractivity contribution in [3.8, 4) is 0 Å². The molecule has 0 saturated carbocycles. The average molecular weight is 410 g/mol. The average Bonchev–Trinajstić information content (AvgIpc) is 3.54. The summed E-state index contributed by atoms with van der Waals surface area (Å²) in [6.45, 7) is 2.06. The summed E-state index contributed by atoms with van der Waals surface area (Å²) in [7, 11) is 0. The third kappa shape index (κ3) is 3.40. The number of aromatic amines is 1. The Bertz CT molecular complexity index is 906. The third-order valence-electron chi connectivity index (χ3n) is 6.56. The first-order valence-electron chi connectivity index (χ1n) is 10.7. The number of H-pyrrole nitrogens is 1. The van der Waals surface area contributed by atoms with Gasteiger partial charge in [-0.3, -0.25) is 14.5 Å². The van der Waals surface area contributed by atoms with E-state index in [0.29, 0.717) is 26.2 Å². The highest BCUT2D eigenvalue weighted by atomic mass is 16.6. The number of allylic oxidation sites excluding steroid dienone is 1. The maximum atomic E-state index is 12.7. The number of amides is 3.